The molecule has 3 atom stereocenters. The van der Waals surface area contributed by atoms with E-state index in [0.29, 0.717) is 18.7 Å². The lowest BCUT2D eigenvalue weighted by Crippen LogP contribution is -2.65. The highest BCUT2D eigenvalue weighted by atomic mass is 16.3. The molecule has 2 aromatic rings. The third-order valence-corrected chi connectivity index (χ3v) is 6.21. The second kappa shape index (κ2) is 8.89. The van der Waals surface area contributed by atoms with E-state index in [1.54, 1.807) is 24.5 Å². The highest BCUT2D eigenvalue weighted by Gasteiger charge is 2.42. The number of allylic oxidation sites excluding steroid dienone is 2. The molecule has 0 saturated carbocycles. The van der Waals surface area contributed by atoms with Crippen molar-refractivity contribution in [1.82, 2.24) is 15.2 Å². The fraction of sp³-hybridized carbons (Fsp3) is 0.417. The van der Waals surface area contributed by atoms with Crippen LogP contribution in [0.15, 0.2) is 54.9 Å². The largest absolute Gasteiger partial charge is 0.395 e. The summed E-state index contributed by atoms with van der Waals surface area (Å²) in [7, 11) is 0. The summed E-state index contributed by atoms with van der Waals surface area (Å²) in [5.41, 5.74) is 4.63. The summed E-state index contributed by atoms with van der Waals surface area (Å²) in [4.78, 5) is 18.7. The summed E-state index contributed by atoms with van der Waals surface area (Å²) in [6.45, 7) is 3.35. The molecule has 2 aliphatic rings. The summed E-state index contributed by atoms with van der Waals surface area (Å²) in [6.07, 6.45) is 9.22. The van der Waals surface area contributed by atoms with Crippen LogP contribution in [0.5, 0.6) is 0 Å². The van der Waals surface area contributed by atoms with Crippen LogP contribution < -0.4 is 5.32 Å². The van der Waals surface area contributed by atoms with Crippen molar-refractivity contribution in [2.45, 2.75) is 44.2 Å². The molecule has 1 aliphatic heterocycles. The summed E-state index contributed by atoms with van der Waals surface area (Å²) in [5, 5.41) is 13.2. The third-order valence-electron chi connectivity index (χ3n) is 6.21. The smallest absolute Gasteiger partial charge is 0.254 e. The molecule has 152 valence electrons. The second-order valence-corrected chi connectivity index (χ2v) is 7.91. The van der Waals surface area contributed by atoms with Crippen molar-refractivity contribution >= 4 is 11.5 Å². The Morgan fingerprint density at radius 3 is 2.55 bits per heavy atom. The van der Waals surface area contributed by atoms with E-state index >= 15 is 0 Å². The van der Waals surface area contributed by atoms with Crippen LogP contribution in [-0.4, -0.2) is 52.7 Å². The van der Waals surface area contributed by atoms with Crippen molar-refractivity contribution in [2.75, 3.05) is 19.7 Å². The molecule has 0 bridgehead atoms. The van der Waals surface area contributed by atoms with E-state index in [1.807, 2.05) is 11.8 Å². The number of aromatic nitrogens is 1. The van der Waals surface area contributed by atoms with E-state index in [9.17, 15) is 9.90 Å². The van der Waals surface area contributed by atoms with Crippen LogP contribution in [0, 0.1) is 0 Å². The van der Waals surface area contributed by atoms with Crippen molar-refractivity contribution in [3.8, 4) is 0 Å². The number of nitrogens with one attached hydrogen (secondary N) is 1. The van der Waals surface area contributed by atoms with Gasteiger partial charge in [0.1, 0.15) is 0 Å². The quantitative estimate of drug-likeness (QED) is 0.761. The Labute approximate surface area is 172 Å². The predicted molar refractivity (Wildman–Crippen MR) is 115 cm³/mol. The highest BCUT2D eigenvalue weighted by molar-refractivity contribution is 5.94. The molecule has 1 fully saturated rings. The van der Waals surface area contributed by atoms with Gasteiger partial charge in [0.15, 0.2) is 0 Å². The Morgan fingerprint density at radius 2 is 1.93 bits per heavy atom. The summed E-state index contributed by atoms with van der Waals surface area (Å²) >= 11 is 0. The van der Waals surface area contributed by atoms with Gasteiger partial charge < -0.3 is 15.3 Å². The number of amides is 1. The number of rotatable bonds is 7. The Morgan fingerprint density at radius 1 is 1.17 bits per heavy atom. The minimum atomic E-state index is 0.0198. The van der Waals surface area contributed by atoms with Gasteiger partial charge >= 0.3 is 0 Å². The van der Waals surface area contributed by atoms with Crippen molar-refractivity contribution in [2.24, 2.45) is 0 Å². The zero-order chi connectivity index (χ0) is 20.2. The Kier molecular flexibility index (Phi) is 6.07. The second-order valence-electron chi connectivity index (χ2n) is 7.91. The monoisotopic (exact) mass is 391 g/mol. The van der Waals surface area contributed by atoms with Gasteiger partial charge in [0, 0.05) is 49.0 Å². The van der Waals surface area contributed by atoms with E-state index in [1.165, 1.54) is 29.5 Å². The van der Waals surface area contributed by atoms with E-state index in [2.05, 4.69) is 40.6 Å². The molecule has 1 aromatic heterocycles. The topological polar surface area (TPSA) is 65.5 Å². The average molecular weight is 392 g/mol. The zero-order valence-corrected chi connectivity index (χ0v) is 16.9. The molecule has 1 aliphatic carbocycles. The van der Waals surface area contributed by atoms with Gasteiger partial charge in [0.2, 0.25) is 0 Å². The molecule has 4 rings (SSSR count). The van der Waals surface area contributed by atoms with Crippen LogP contribution in [0.4, 0.5) is 0 Å². The number of benzene rings is 1. The van der Waals surface area contributed by atoms with Gasteiger partial charge in [-0.3, -0.25) is 9.78 Å². The molecule has 0 radical (unpaired) electrons. The fourth-order valence-electron chi connectivity index (χ4n) is 4.56. The van der Waals surface area contributed by atoms with Crippen LogP contribution in [0.25, 0.3) is 5.57 Å². The molecule has 1 saturated heterocycles. The van der Waals surface area contributed by atoms with Crippen LogP contribution in [0.1, 0.15) is 53.6 Å². The molecule has 1 amide bonds. The molecule has 0 spiro atoms. The van der Waals surface area contributed by atoms with Gasteiger partial charge in [0.05, 0.1) is 6.61 Å². The molecule has 1 aromatic carbocycles. The van der Waals surface area contributed by atoms with Gasteiger partial charge in [-0.15, -0.1) is 0 Å². The van der Waals surface area contributed by atoms with E-state index in [0.717, 1.165) is 6.42 Å². The number of aliphatic hydroxyl groups excluding tert-OH is 1. The van der Waals surface area contributed by atoms with E-state index in [4.69, 9.17) is 0 Å². The van der Waals surface area contributed by atoms with Crippen LogP contribution >= 0.6 is 0 Å². The van der Waals surface area contributed by atoms with Gasteiger partial charge in [-0.1, -0.05) is 30.3 Å². The van der Waals surface area contributed by atoms with Crippen molar-refractivity contribution < 1.29 is 9.90 Å². The third kappa shape index (κ3) is 4.11. The molecular weight excluding hydrogens is 362 g/mol. The van der Waals surface area contributed by atoms with Crippen molar-refractivity contribution in [3.63, 3.8) is 0 Å². The SMILES string of the molecule is CCN(C[C@@H]1N[C@@H](CO)[C@@H]1c1ccc(C2=CCCC2)cc1)C(=O)c1ccncc1. The zero-order valence-electron chi connectivity index (χ0n) is 16.9. The molecule has 5 nitrogen and oxygen atoms in total. The lowest BCUT2D eigenvalue weighted by molar-refractivity contribution is 0.0641. The van der Waals surface area contributed by atoms with Crippen LogP contribution in [-0.2, 0) is 0 Å². The highest BCUT2D eigenvalue weighted by Crippen LogP contribution is 2.34. The van der Waals surface area contributed by atoms with Gasteiger partial charge in [0.25, 0.3) is 5.91 Å². The normalized spacial score (nSPS) is 23.4. The van der Waals surface area contributed by atoms with E-state index in [-0.39, 0.29) is 30.5 Å². The molecule has 2 heterocycles. The standard InChI is InChI=1S/C24H29N3O2/c1-2-27(24(29)20-11-13-25-14-12-20)15-21-23(22(16-28)26-21)19-9-7-18(8-10-19)17-5-3-4-6-17/h5,7-14,21-23,26,28H,2-4,6,15-16H2,1H3/t21-,22-,23+/m0/s1. The van der Waals surface area contributed by atoms with Gasteiger partial charge in [-0.2, -0.15) is 0 Å². The number of likely N-dealkylation sites (N-methyl/N-ethyl adjacent to an activating group) is 1. The Balaban J connectivity index is 1.48. The number of hydrogen-bond acceptors (Lipinski definition) is 4. The summed E-state index contributed by atoms with van der Waals surface area (Å²) in [5.74, 6) is 0.220. The van der Waals surface area contributed by atoms with E-state index < -0.39 is 0 Å². The van der Waals surface area contributed by atoms with Crippen LogP contribution in [0.3, 0.4) is 0 Å². The Hall–Kier alpha value is -2.50. The maximum absolute atomic E-state index is 12.9. The molecular formula is C24H29N3O2. The molecule has 0 unspecified atom stereocenters. The average Bonchev–Trinajstić information content (AvgIpc) is 3.29. The molecule has 29 heavy (non-hydrogen) atoms. The number of hydrogen-bond donors (Lipinski definition) is 2. The summed E-state index contributed by atoms with van der Waals surface area (Å²) in [6, 6.07) is 12.5. The maximum Gasteiger partial charge on any atom is 0.254 e. The first kappa shape index (κ1) is 19.8. The molecule has 5 heteroatoms. The van der Waals surface area contributed by atoms with Crippen molar-refractivity contribution in [1.29, 1.82) is 0 Å². The number of pyridine rings is 1. The lowest BCUT2D eigenvalue weighted by Gasteiger charge is -2.47. The molecule has 2 N–H and O–H groups in total. The minimum Gasteiger partial charge on any atom is -0.395 e. The number of carbonyl (C=O) groups is 1. The summed E-state index contributed by atoms with van der Waals surface area (Å²) < 4.78 is 0. The van der Waals surface area contributed by atoms with Crippen molar-refractivity contribution in [3.05, 3.63) is 71.6 Å². The van der Waals surface area contributed by atoms with Gasteiger partial charge in [-0.05, 0) is 55.0 Å². The maximum atomic E-state index is 12.9. The Bertz CT molecular complexity index is 863. The number of nitrogens with zero attached hydrogens (tertiary/aromatic N) is 2. The predicted octanol–water partition coefficient (Wildman–Crippen LogP) is 3.23. The fourth-order valence-corrected chi connectivity index (χ4v) is 4.56. The number of aliphatic hydroxyl groups is 1. The first-order valence-corrected chi connectivity index (χ1v) is 10.6. The lowest BCUT2D eigenvalue weighted by atomic mass is 9.77. The van der Waals surface area contributed by atoms with Gasteiger partial charge in [-0.25, -0.2) is 0 Å². The number of carbonyl (C=O) groups excluding carboxylic acids is 1. The first-order chi connectivity index (χ1) is 14.2. The van der Waals surface area contributed by atoms with Crippen LogP contribution in [0.2, 0.25) is 0 Å². The first-order valence-electron chi connectivity index (χ1n) is 10.6. The minimum absolute atomic E-state index is 0.0198.